The van der Waals surface area contributed by atoms with E-state index in [-0.39, 0.29) is 17.5 Å². The molecule has 1 rings (SSSR count). The van der Waals surface area contributed by atoms with E-state index >= 15 is 0 Å². The average molecular weight is 231 g/mol. The third-order valence-electron chi connectivity index (χ3n) is 1.88. The highest BCUT2D eigenvalue weighted by atomic mass is 35.5. The molecule has 1 aromatic rings. The fourth-order valence-corrected chi connectivity index (χ4v) is 1.26. The fourth-order valence-electron chi connectivity index (χ4n) is 1.06. The molecule has 0 aliphatic heterocycles. The highest BCUT2D eigenvalue weighted by Crippen LogP contribution is 2.15. The van der Waals surface area contributed by atoms with Gasteiger partial charge in [0.15, 0.2) is 0 Å². The lowest BCUT2D eigenvalue weighted by atomic mass is 10.2. The van der Waals surface area contributed by atoms with Crippen molar-refractivity contribution in [2.24, 2.45) is 0 Å². The second-order valence-corrected chi connectivity index (χ2v) is 3.43. The molecule has 0 fully saturated rings. The third kappa shape index (κ3) is 3.85. The molecule has 0 aliphatic carbocycles. The number of likely N-dealkylation sites (N-methyl/N-ethyl adjacent to an activating group) is 1. The average Bonchev–Trinajstić information content (AvgIpc) is 2.23. The summed E-state index contributed by atoms with van der Waals surface area (Å²) >= 11 is 5.60. The molecule has 1 amide bonds. The molecule has 2 N–H and O–H groups in total. The zero-order chi connectivity index (χ0) is 11.3. The first kappa shape index (κ1) is 11.9. The van der Waals surface area contributed by atoms with Crippen molar-refractivity contribution in [1.82, 2.24) is 10.6 Å². The van der Waals surface area contributed by atoms with Crippen LogP contribution < -0.4 is 10.6 Å². The summed E-state index contributed by atoms with van der Waals surface area (Å²) in [6.45, 7) is 0.707. The van der Waals surface area contributed by atoms with Gasteiger partial charge in [0.1, 0.15) is 5.82 Å². The van der Waals surface area contributed by atoms with E-state index in [9.17, 15) is 9.18 Å². The minimum Gasteiger partial charge on any atom is -0.358 e. The van der Waals surface area contributed by atoms with Crippen LogP contribution >= 0.6 is 11.6 Å². The zero-order valence-electron chi connectivity index (χ0n) is 8.31. The molecule has 0 aromatic heterocycles. The number of hydrogen-bond donors (Lipinski definition) is 2. The van der Waals surface area contributed by atoms with Crippen LogP contribution in [0.1, 0.15) is 5.56 Å². The van der Waals surface area contributed by atoms with Crippen LogP contribution in [-0.2, 0) is 11.3 Å². The van der Waals surface area contributed by atoms with Gasteiger partial charge in [-0.05, 0) is 17.7 Å². The molecule has 15 heavy (non-hydrogen) atoms. The van der Waals surface area contributed by atoms with Gasteiger partial charge in [0.2, 0.25) is 5.91 Å². The van der Waals surface area contributed by atoms with Crippen LogP contribution in [0.4, 0.5) is 4.39 Å². The van der Waals surface area contributed by atoms with Crippen molar-refractivity contribution in [3.8, 4) is 0 Å². The van der Waals surface area contributed by atoms with Crippen molar-refractivity contribution in [3.63, 3.8) is 0 Å². The summed E-state index contributed by atoms with van der Waals surface area (Å²) in [5.41, 5.74) is 0.838. The van der Waals surface area contributed by atoms with Crippen molar-refractivity contribution in [2.45, 2.75) is 6.54 Å². The van der Waals surface area contributed by atoms with Gasteiger partial charge in [-0.25, -0.2) is 4.39 Å². The molecular weight excluding hydrogens is 219 g/mol. The summed E-state index contributed by atoms with van der Waals surface area (Å²) < 4.78 is 12.8. The van der Waals surface area contributed by atoms with Gasteiger partial charge >= 0.3 is 0 Å². The Morgan fingerprint density at radius 3 is 2.87 bits per heavy atom. The van der Waals surface area contributed by atoms with Gasteiger partial charge in [-0.15, -0.1) is 0 Å². The summed E-state index contributed by atoms with van der Waals surface area (Å²) in [5.74, 6) is -0.532. The maximum absolute atomic E-state index is 12.8. The molecule has 0 spiro atoms. The van der Waals surface area contributed by atoms with Gasteiger partial charge in [-0.1, -0.05) is 17.7 Å². The normalized spacial score (nSPS) is 10.1. The van der Waals surface area contributed by atoms with Crippen molar-refractivity contribution < 1.29 is 9.18 Å². The highest BCUT2D eigenvalue weighted by molar-refractivity contribution is 6.30. The number of carbonyl (C=O) groups excluding carboxylic acids is 1. The van der Waals surface area contributed by atoms with Crippen LogP contribution in [0.25, 0.3) is 0 Å². The molecule has 0 bridgehead atoms. The molecule has 0 atom stereocenters. The Hall–Kier alpha value is -1.13. The Balaban J connectivity index is 2.44. The van der Waals surface area contributed by atoms with E-state index in [1.807, 2.05) is 0 Å². The van der Waals surface area contributed by atoms with Crippen LogP contribution in [0.3, 0.4) is 0 Å². The molecule has 0 unspecified atom stereocenters. The first-order chi connectivity index (χ1) is 7.13. The largest absolute Gasteiger partial charge is 0.358 e. The summed E-state index contributed by atoms with van der Waals surface area (Å²) in [5, 5.41) is 5.48. The Morgan fingerprint density at radius 1 is 1.53 bits per heavy atom. The Kier molecular flexibility index (Phi) is 4.52. The summed E-state index contributed by atoms with van der Waals surface area (Å²) in [6, 6.07) is 4.46. The second-order valence-electron chi connectivity index (χ2n) is 3.03. The molecule has 5 heteroatoms. The number of benzene rings is 1. The number of rotatable bonds is 4. The minimum absolute atomic E-state index is 0.0919. The van der Waals surface area contributed by atoms with Gasteiger partial charge in [-0.2, -0.15) is 0 Å². The first-order valence-corrected chi connectivity index (χ1v) is 4.86. The molecule has 0 saturated carbocycles. The number of hydrogen-bond acceptors (Lipinski definition) is 2. The summed E-state index contributed by atoms with van der Waals surface area (Å²) in [4.78, 5) is 10.9. The number of halogens is 2. The molecule has 3 nitrogen and oxygen atoms in total. The molecule has 0 saturated heterocycles. The lowest BCUT2D eigenvalue weighted by molar-refractivity contribution is -0.119. The SMILES string of the molecule is CNC(=O)CNCc1ccc(F)c(Cl)c1. The van der Waals surface area contributed by atoms with Crippen LogP contribution in [-0.4, -0.2) is 19.5 Å². The van der Waals surface area contributed by atoms with Crippen molar-refractivity contribution in [3.05, 3.63) is 34.6 Å². The minimum atomic E-state index is -0.438. The van der Waals surface area contributed by atoms with E-state index < -0.39 is 5.82 Å². The fraction of sp³-hybridized carbons (Fsp3) is 0.300. The van der Waals surface area contributed by atoms with Crippen molar-refractivity contribution >= 4 is 17.5 Å². The predicted octanol–water partition coefficient (Wildman–Crippen LogP) is 1.31. The summed E-state index contributed by atoms with van der Waals surface area (Å²) in [7, 11) is 1.57. The molecule has 82 valence electrons. The Morgan fingerprint density at radius 2 is 2.27 bits per heavy atom. The number of amides is 1. The van der Waals surface area contributed by atoms with Gasteiger partial charge < -0.3 is 10.6 Å². The monoisotopic (exact) mass is 230 g/mol. The molecular formula is C10H12ClFN2O. The third-order valence-corrected chi connectivity index (χ3v) is 2.17. The predicted molar refractivity (Wildman–Crippen MR) is 57.2 cm³/mol. The van der Waals surface area contributed by atoms with E-state index in [4.69, 9.17) is 11.6 Å². The number of carbonyl (C=O) groups is 1. The van der Waals surface area contributed by atoms with Gasteiger partial charge in [0.25, 0.3) is 0 Å². The van der Waals surface area contributed by atoms with Crippen LogP contribution in [0.5, 0.6) is 0 Å². The highest BCUT2D eigenvalue weighted by Gasteiger charge is 2.01. The molecule has 0 radical (unpaired) electrons. The maximum Gasteiger partial charge on any atom is 0.233 e. The first-order valence-electron chi connectivity index (χ1n) is 4.48. The van der Waals surface area contributed by atoms with Gasteiger partial charge in [0, 0.05) is 13.6 Å². The van der Waals surface area contributed by atoms with E-state index in [2.05, 4.69) is 10.6 Å². The van der Waals surface area contributed by atoms with E-state index in [1.165, 1.54) is 12.1 Å². The lowest BCUT2D eigenvalue weighted by Crippen LogP contribution is -2.30. The Labute approximate surface area is 92.6 Å². The van der Waals surface area contributed by atoms with E-state index in [0.717, 1.165) is 5.56 Å². The standard InChI is InChI=1S/C10H12ClFN2O/c1-13-10(15)6-14-5-7-2-3-9(12)8(11)4-7/h2-4,14H,5-6H2,1H3,(H,13,15). The maximum atomic E-state index is 12.8. The van der Waals surface area contributed by atoms with Crippen LogP contribution in [0, 0.1) is 5.82 Å². The molecule has 1 aromatic carbocycles. The van der Waals surface area contributed by atoms with Crippen molar-refractivity contribution in [1.29, 1.82) is 0 Å². The van der Waals surface area contributed by atoms with Gasteiger partial charge in [0.05, 0.1) is 11.6 Å². The second kappa shape index (κ2) is 5.68. The zero-order valence-corrected chi connectivity index (χ0v) is 9.07. The molecule has 0 aliphatic rings. The number of nitrogens with one attached hydrogen (secondary N) is 2. The topological polar surface area (TPSA) is 41.1 Å². The van der Waals surface area contributed by atoms with E-state index in [0.29, 0.717) is 6.54 Å². The summed E-state index contributed by atoms with van der Waals surface area (Å²) in [6.07, 6.45) is 0. The van der Waals surface area contributed by atoms with Crippen LogP contribution in [0.2, 0.25) is 5.02 Å². The quantitative estimate of drug-likeness (QED) is 0.819. The van der Waals surface area contributed by atoms with Gasteiger partial charge in [-0.3, -0.25) is 4.79 Å². The van der Waals surface area contributed by atoms with Crippen LogP contribution in [0.15, 0.2) is 18.2 Å². The smallest absolute Gasteiger partial charge is 0.233 e. The van der Waals surface area contributed by atoms with Crippen molar-refractivity contribution in [2.75, 3.05) is 13.6 Å². The van der Waals surface area contributed by atoms with E-state index in [1.54, 1.807) is 13.1 Å². The lowest BCUT2D eigenvalue weighted by Gasteiger charge is -2.04. The Bertz CT molecular complexity index is 357. The molecule has 0 heterocycles.